The molecule has 0 atom stereocenters. The molecule has 144 valence electrons. The fourth-order valence-corrected chi connectivity index (χ4v) is 2.40. The van der Waals surface area contributed by atoms with E-state index < -0.39 is 30.0 Å². The van der Waals surface area contributed by atoms with Crippen molar-refractivity contribution < 1.29 is 27.5 Å². The number of benzene rings is 2. The van der Waals surface area contributed by atoms with Gasteiger partial charge < -0.3 is 15.4 Å². The van der Waals surface area contributed by atoms with E-state index in [1.54, 1.807) is 7.11 Å². The van der Waals surface area contributed by atoms with Crippen molar-refractivity contribution in [3.8, 4) is 5.75 Å². The van der Waals surface area contributed by atoms with Crippen LogP contribution in [0.3, 0.4) is 0 Å². The Morgan fingerprint density at radius 1 is 1.00 bits per heavy atom. The number of halogens is 3. The molecule has 2 rings (SSSR count). The summed E-state index contributed by atoms with van der Waals surface area (Å²) in [6.45, 7) is 0.326. The third-order valence-electron chi connectivity index (χ3n) is 3.73. The Morgan fingerprint density at radius 3 is 2.30 bits per heavy atom. The first-order valence-corrected chi connectivity index (χ1v) is 8.15. The van der Waals surface area contributed by atoms with Crippen LogP contribution in [0.4, 0.5) is 18.9 Å². The van der Waals surface area contributed by atoms with E-state index in [1.165, 1.54) is 0 Å². The Kier molecular flexibility index (Phi) is 6.81. The Hall–Kier alpha value is -3.03. The predicted octanol–water partition coefficient (Wildman–Crippen LogP) is 3.40. The van der Waals surface area contributed by atoms with Gasteiger partial charge in [0.05, 0.1) is 12.7 Å². The van der Waals surface area contributed by atoms with Crippen LogP contribution in [-0.4, -0.2) is 25.5 Å². The van der Waals surface area contributed by atoms with Crippen LogP contribution in [0.25, 0.3) is 0 Å². The molecule has 2 aromatic carbocycles. The van der Waals surface area contributed by atoms with Crippen molar-refractivity contribution in [1.29, 1.82) is 0 Å². The van der Waals surface area contributed by atoms with E-state index >= 15 is 0 Å². The molecule has 2 amide bonds. The minimum absolute atomic E-state index is 0.190. The third-order valence-corrected chi connectivity index (χ3v) is 3.73. The first-order valence-electron chi connectivity index (χ1n) is 8.15. The van der Waals surface area contributed by atoms with Gasteiger partial charge in [0.25, 0.3) is 0 Å². The molecule has 8 heteroatoms. The van der Waals surface area contributed by atoms with Gasteiger partial charge in [0.2, 0.25) is 11.8 Å². The molecule has 27 heavy (non-hydrogen) atoms. The lowest BCUT2D eigenvalue weighted by atomic mass is 10.1. The summed E-state index contributed by atoms with van der Waals surface area (Å²) in [5.74, 6) is -0.370. The summed E-state index contributed by atoms with van der Waals surface area (Å²) in [5.41, 5.74) is 0.305. The SMILES string of the molecule is COc1ccccc1CCNC(=O)CC(=O)Nc1ccc(C(F)(F)F)cc1. The topological polar surface area (TPSA) is 67.4 Å². The molecule has 2 aromatic rings. The average molecular weight is 380 g/mol. The zero-order valence-corrected chi connectivity index (χ0v) is 14.6. The number of carbonyl (C=O) groups excluding carboxylic acids is 2. The van der Waals surface area contributed by atoms with Crippen LogP contribution in [0.1, 0.15) is 17.5 Å². The van der Waals surface area contributed by atoms with E-state index in [-0.39, 0.29) is 5.69 Å². The van der Waals surface area contributed by atoms with E-state index in [0.717, 1.165) is 29.8 Å². The summed E-state index contributed by atoms with van der Waals surface area (Å²) >= 11 is 0. The molecule has 0 saturated carbocycles. The molecule has 0 aliphatic rings. The molecule has 0 aliphatic heterocycles. The number of anilines is 1. The number of alkyl halides is 3. The molecule has 0 fully saturated rings. The van der Waals surface area contributed by atoms with Gasteiger partial charge >= 0.3 is 6.18 Å². The van der Waals surface area contributed by atoms with Gasteiger partial charge in [-0.05, 0) is 42.3 Å². The lowest BCUT2D eigenvalue weighted by Gasteiger charge is -2.10. The van der Waals surface area contributed by atoms with Crippen LogP contribution in [-0.2, 0) is 22.2 Å². The molecule has 0 heterocycles. The van der Waals surface area contributed by atoms with Gasteiger partial charge in [-0.25, -0.2) is 0 Å². The molecular weight excluding hydrogens is 361 g/mol. The highest BCUT2D eigenvalue weighted by Gasteiger charge is 2.30. The van der Waals surface area contributed by atoms with Gasteiger partial charge in [0.1, 0.15) is 12.2 Å². The number of methoxy groups -OCH3 is 1. The van der Waals surface area contributed by atoms with Gasteiger partial charge in [0, 0.05) is 12.2 Å². The summed E-state index contributed by atoms with van der Waals surface area (Å²) in [4.78, 5) is 23.6. The molecule has 0 aromatic heterocycles. The highest BCUT2D eigenvalue weighted by molar-refractivity contribution is 6.03. The lowest BCUT2D eigenvalue weighted by molar-refractivity contribution is -0.137. The molecule has 0 saturated heterocycles. The van der Waals surface area contributed by atoms with Crippen molar-refractivity contribution in [2.75, 3.05) is 19.0 Å². The molecular formula is C19H19F3N2O3. The van der Waals surface area contributed by atoms with E-state index in [0.29, 0.717) is 18.7 Å². The Labute approximate surface area is 154 Å². The second kappa shape index (κ2) is 9.07. The number of carbonyl (C=O) groups is 2. The summed E-state index contributed by atoms with van der Waals surface area (Å²) in [6.07, 6.45) is -4.33. The predicted molar refractivity (Wildman–Crippen MR) is 94.4 cm³/mol. The fraction of sp³-hybridized carbons (Fsp3) is 0.263. The Balaban J connectivity index is 1.77. The van der Waals surface area contributed by atoms with Gasteiger partial charge in [-0.15, -0.1) is 0 Å². The zero-order valence-electron chi connectivity index (χ0n) is 14.6. The maximum absolute atomic E-state index is 12.5. The molecule has 0 unspecified atom stereocenters. The number of rotatable bonds is 7. The molecule has 0 radical (unpaired) electrons. The molecule has 0 aliphatic carbocycles. The van der Waals surface area contributed by atoms with Gasteiger partial charge in [-0.3, -0.25) is 9.59 Å². The Bertz CT molecular complexity index is 790. The second-order valence-electron chi connectivity index (χ2n) is 5.71. The van der Waals surface area contributed by atoms with Gasteiger partial charge in [-0.1, -0.05) is 18.2 Å². The fourth-order valence-electron chi connectivity index (χ4n) is 2.40. The second-order valence-corrected chi connectivity index (χ2v) is 5.71. The van der Waals surface area contributed by atoms with Crippen LogP contribution < -0.4 is 15.4 Å². The summed E-state index contributed by atoms with van der Waals surface area (Å²) in [7, 11) is 1.56. The van der Waals surface area contributed by atoms with Crippen LogP contribution in [0.2, 0.25) is 0 Å². The van der Waals surface area contributed by atoms with Crippen molar-refractivity contribution in [2.24, 2.45) is 0 Å². The van der Waals surface area contributed by atoms with E-state index in [9.17, 15) is 22.8 Å². The van der Waals surface area contributed by atoms with E-state index in [1.807, 2.05) is 24.3 Å². The minimum atomic E-state index is -4.44. The van der Waals surface area contributed by atoms with Crippen molar-refractivity contribution >= 4 is 17.5 Å². The maximum atomic E-state index is 12.5. The number of ether oxygens (including phenoxy) is 1. The monoisotopic (exact) mass is 380 g/mol. The van der Waals surface area contributed by atoms with E-state index in [4.69, 9.17) is 4.74 Å². The molecule has 5 nitrogen and oxygen atoms in total. The lowest BCUT2D eigenvalue weighted by Crippen LogP contribution is -2.29. The van der Waals surface area contributed by atoms with Crippen molar-refractivity contribution in [3.63, 3.8) is 0 Å². The first-order chi connectivity index (χ1) is 12.8. The minimum Gasteiger partial charge on any atom is -0.496 e. The average Bonchev–Trinajstić information content (AvgIpc) is 2.61. The maximum Gasteiger partial charge on any atom is 0.416 e. The first kappa shape index (κ1) is 20.3. The van der Waals surface area contributed by atoms with Crippen molar-refractivity contribution in [2.45, 2.75) is 19.0 Å². The molecule has 2 N–H and O–H groups in total. The molecule has 0 spiro atoms. The smallest absolute Gasteiger partial charge is 0.416 e. The summed E-state index contributed by atoms with van der Waals surface area (Å²) in [6, 6.07) is 11.4. The quantitative estimate of drug-likeness (QED) is 0.724. The number of hydrogen-bond donors (Lipinski definition) is 2. The van der Waals surface area contributed by atoms with Crippen molar-refractivity contribution in [3.05, 3.63) is 59.7 Å². The summed E-state index contributed by atoms with van der Waals surface area (Å²) in [5, 5.41) is 5.01. The van der Waals surface area contributed by atoms with E-state index in [2.05, 4.69) is 10.6 Å². The van der Waals surface area contributed by atoms with Gasteiger partial charge in [-0.2, -0.15) is 13.2 Å². The van der Waals surface area contributed by atoms with Crippen molar-refractivity contribution in [1.82, 2.24) is 5.32 Å². The molecule has 0 bridgehead atoms. The number of amides is 2. The van der Waals surface area contributed by atoms with Crippen LogP contribution in [0, 0.1) is 0 Å². The highest BCUT2D eigenvalue weighted by Crippen LogP contribution is 2.29. The standard InChI is InChI=1S/C19H19F3N2O3/c1-27-16-5-3-2-4-13(16)10-11-23-17(25)12-18(26)24-15-8-6-14(7-9-15)19(20,21)22/h2-9H,10-12H2,1H3,(H,23,25)(H,24,26). The number of nitrogens with one attached hydrogen (secondary N) is 2. The van der Waals surface area contributed by atoms with Crippen LogP contribution in [0.5, 0.6) is 5.75 Å². The number of para-hydroxylation sites is 1. The largest absolute Gasteiger partial charge is 0.496 e. The summed E-state index contributed by atoms with van der Waals surface area (Å²) < 4.78 is 42.7. The third kappa shape index (κ3) is 6.32. The number of hydrogen-bond acceptors (Lipinski definition) is 3. The van der Waals surface area contributed by atoms with Crippen LogP contribution in [0.15, 0.2) is 48.5 Å². The van der Waals surface area contributed by atoms with Crippen LogP contribution >= 0.6 is 0 Å². The Morgan fingerprint density at radius 2 is 1.67 bits per heavy atom. The normalized spacial score (nSPS) is 11.0. The highest BCUT2D eigenvalue weighted by atomic mass is 19.4. The zero-order chi connectivity index (χ0) is 19.9. The van der Waals surface area contributed by atoms with Gasteiger partial charge in [0.15, 0.2) is 0 Å².